The zero-order valence-electron chi connectivity index (χ0n) is 15.6. The topological polar surface area (TPSA) is 85.6 Å². The van der Waals surface area contributed by atoms with E-state index in [9.17, 15) is 9.59 Å². The summed E-state index contributed by atoms with van der Waals surface area (Å²) in [5.41, 5.74) is 1.19. The molecule has 28 heavy (non-hydrogen) atoms. The largest absolute Gasteiger partial charge is 0.461 e. The Labute approximate surface area is 164 Å². The SMILES string of the molecule is Cc1sc2c(c1C)c1nc(-c3ccco3)nn1c(=O)n2CC(=O)N1CCCC1. The first kappa shape index (κ1) is 17.2. The van der Waals surface area contributed by atoms with E-state index in [1.807, 2.05) is 18.7 Å². The van der Waals surface area contributed by atoms with E-state index >= 15 is 0 Å². The van der Waals surface area contributed by atoms with Crippen molar-refractivity contribution in [2.24, 2.45) is 0 Å². The number of amides is 1. The Morgan fingerprint density at radius 3 is 2.79 bits per heavy atom. The molecule has 1 fully saturated rings. The van der Waals surface area contributed by atoms with Crippen LogP contribution in [0.25, 0.3) is 27.4 Å². The van der Waals surface area contributed by atoms with Crippen LogP contribution in [0.5, 0.6) is 0 Å². The Kier molecular flexibility index (Phi) is 3.87. The fourth-order valence-electron chi connectivity index (χ4n) is 3.72. The summed E-state index contributed by atoms with van der Waals surface area (Å²) in [6.07, 6.45) is 3.58. The Hall–Kier alpha value is -2.94. The smallest absolute Gasteiger partial charge is 0.352 e. The Bertz CT molecular complexity index is 1260. The second-order valence-electron chi connectivity index (χ2n) is 7.07. The van der Waals surface area contributed by atoms with Gasteiger partial charge in [0.1, 0.15) is 11.4 Å². The molecule has 0 saturated carbocycles. The van der Waals surface area contributed by atoms with E-state index in [4.69, 9.17) is 4.42 Å². The molecule has 9 heteroatoms. The molecule has 5 heterocycles. The van der Waals surface area contributed by atoms with E-state index in [2.05, 4.69) is 10.1 Å². The minimum atomic E-state index is -0.360. The van der Waals surface area contributed by atoms with E-state index < -0.39 is 0 Å². The van der Waals surface area contributed by atoms with Crippen molar-refractivity contribution in [2.75, 3.05) is 13.1 Å². The van der Waals surface area contributed by atoms with Crippen LogP contribution in [-0.2, 0) is 11.3 Å². The van der Waals surface area contributed by atoms with Gasteiger partial charge in [0.2, 0.25) is 11.7 Å². The summed E-state index contributed by atoms with van der Waals surface area (Å²) in [7, 11) is 0. The van der Waals surface area contributed by atoms with E-state index in [1.165, 1.54) is 20.4 Å². The third-order valence-electron chi connectivity index (χ3n) is 5.35. The van der Waals surface area contributed by atoms with Gasteiger partial charge >= 0.3 is 5.69 Å². The van der Waals surface area contributed by atoms with Crippen LogP contribution in [0.2, 0.25) is 0 Å². The molecule has 0 atom stereocenters. The van der Waals surface area contributed by atoms with Gasteiger partial charge in [-0.15, -0.1) is 16.4 Å². The van der Waals surface area contributed by atoms with Crippen molar-refractivity contribution in [3.8, 4) is 11.6 Å². The molecule has 0 unspecified atom stereocenters. The van der Waals surface area contributed by atoms with Gasteiger partial charge in [0.25, 0.3) is 0 Å². The van der Waals surface area contributed by atoms with E-state index in [1.54, 1.807) is 18.4 Å². The molecule has 0 radical (unpaired) electrons. The number of rotatable bonds is 3. The average Bonchev–Trinajstić information content (AvgIpc) is 3.45. The lowest BCUT2D eigenvalue weighted by Gasteiger charge is -2.16. The summed E-state index contributed by atoms with van der Waals surface area (Å²) in [6, 6.07) is 3.51. The molecular formula is C19H19N5O3S. The number of likely N-dealkylation sites (tertiary alicyclic amines) is 1. The van der Waals surface area contributed by atoms with Gasteiger partial charge in [-0.3, -0.25) is 9.36 Å². The number of hydrogen-bond donors (Lipinski definition) is 0. The summed E-state index contributed by atoms with van der Waals surface area (Å²) in [4.78, 5) is 34.2. The van der Waals surface area contributed by atoms with Gasteiger partial charge in [-0.25, -0.2) is 9.78 Å². The minimum absolute atomic E-state index is 0.0145. The summed E-state index contributed by atoms with van der Waals surface area (Å²) in [5.74, 6) is 0.825. The first-order valence-electron chi connectivity index (χ1n) is 9.25. The van der Waals surface area contributed by atoms with Crippen LogP contribution in [0.3, 0.4) is 0 Å². The monoisotopic (exact) mass is 397 g/mol. The standard InChI is InChI=1S/C19H19N5O3S/c1-11-12(2)28-18-15(11)17-20-16(13-6-5-9-27-13)21-24(17)19(26)23(18)10-14(25)22-7-3-4-8-22/h5-6,9H,3-4,7-8,10H2,1-2H3. The van der Waals surface area contributed by atoms with Crippen molar-refractivity contribution in [1.82, 2.24) is 24.1 Å². The maximum Gasteiger partial charge on any atom is 0.352 e. The van der Waals surface area contributed by atoms with Gasteiger partial charge in [0.15, 0.2) is 11.4 Å². The third kappa shape index (κ3) is 2.50. The highest BCUT2D eigenvalue weighted by molar-refractivity contribution is 7.19. The summed E-state index contributed by atoms with van der Waals surface area (Å²) >= 11 is 1.51. The fraction of sp³-hybridized carbons (Fsp3) is 0.368. The lowest BCUT2D eigenvalue weighted by atomic mass is 10.2. The molecule has 0 spiro atoms. The summed E-state index contributed by atoms with van der Waals surface area (Å²) < 4.78 is 8.22. The van der Waals surface area contributed by atoms with Crippen molar-refractivity contribution >= 4 is 33.1 Å². The number of nitrogens with zero attached hydrogens (tertiary/aromatic N) is 5. The molecule has 144 valence electrons. The Morgan fingerprint density at radius 2 is 2.07 bits per heavy atom. The molecular weight excluding hydrogens is 378 g/mol. The van der Waals surface area contributed by atoms with Gasteiger partial charge in [0, 0.05) is 18.0 Å². The number of aryl methyl sites for hydroxylation is 2. The number of hydrogen-bond acceptors (Lipinski definition) is 6. The van der Waals surface area contributed by atoms with E-state index in [0.717, 1.165) is 46.6 Å². The molecule has 1 saturated heterocycles. The average molecular weight is 397 g/mol. The normalized spacial score (nSPS) is 14.6. The van der Waals surface area contributed by atoms with Crippen LogP contribution in [0.4, 0.5) is 0 Å². The van der Waals surface area contributed by atoms with Crippen LogP contribution in [0.1, 0.15) is 23.3 Å². The predicted molar refractivity (Wildman–Crippen MR) is 106 cm³/mol. The highest BCUT2D eigenvalue weighted by Crippen LogP contribution is 2.32. The quantitative estimate of drug-likeness (QED) is 0.530. The van der Waals surface area contributed by atoms with Crippen LogP contribution >= 0.6 is 11.3 Å². The third-order valence-corrected chi connectivity index (χ3v) is 6.58. The van der Waals surface area contributed by atoms with Crippen molar-refractivity contribution in [3.63, 3.8) is 0 Å². The Morgan fingerprint density at radius 1 is 1.29 bits per heavy atom. The lowest BCUT2D eigenvalue weighted by Crippen LogP contribution is -2.36. The van der Waals surface area contributed by atoms with Crippen molar-refractivity contribution < 1.29 is 9.21 Å². The molecule has 4 aromatic heterocycles. The molecule has 1 amide bonds. The number of carbonyl (C=O) groups is 1. The summed E-state index contributed by atoms with van der Waals surface area (Å²) in [6.45, 7) is 5.55. The van der Waals surface area contributed by atoms with Gasteiger partial charge in [-0.1, -0.05) is 0 Å². The van der Waals surface area contributed by atoms with Gasteiger partial charge in [-0.05, 0) is 44.4 Å². The van der Waals surface area contributed by atoms with Gasteiger partial charge < -0.3 is 9.32 Å². The van der Waals surface area contributed by atoms with E-state index in [-0.39, 0.29) is 18.1 Å². The van der Waals surface area contributed by atoms with Crippen LogP contribution in [0.15, 0.2) is 27.6 Å². The first-order valence-corrected chi connectivity index (χ1v) is 10.1. The zero-order valence-corrected chi connectivity index (χ0v) is 16.5. The first-order chi connectivity index (χ1) is 13.5. The maximum atomic E-state index is 13.2. The fourth-order valence-corrected chi connectivity index (χ4v) is 4.87. The highest BCUT2D eigenvalue weighted by Gasteiger charge is 2.24. The lowest BCUT2D eigenvalue weighted by molar-refractivity contribution is -0.130. The second kappa shape index (κ2) is 6.30. The molecule has 0 aromatic carbocycles. The van der Waals surface area contributed by atoms with Crippen LogP contribution < -0.4 is 5.69 Å². The van der Waals surface area contributed by atoms with Crippen LogP contribution in [0, 0.1) is 13.8 Å². The minimum Gasteiger partial charge on any atom is -0.461 e. The van der Waals surface area contributed by atoms with Crippen molar-refractivity contribution in [1.29, 1.82) is 0 Å². The molecule has 4 aromatic rings. The number of furan rings is 1. The van der Waals surface area contributed by atoms with Crippen molar-refractivity contribution in [2.45, 2.75) is 33.2 Å². The molecule has 8 nitrogen and oxygen atoms in total. The van der Waals surface area contributed by atoms with Gasteiger partial charge in [-0.2, -0.15) is 4.52 Å². The summed E-state index contributed by atoms with van der Waals surface area (Å²) in [5, 5.41) is 5.24. The molecule has 5 rings (SSSR count). The highest BCUT2D eigenvalue weighted by atomic mass is 32.1. The predicted octanol–water partition coefficient (Wildman–Crippen LogP) is 2.60. The maximum absolute atomic E-state index is 13.2. The second-order valence-corrected chi connectivity index (χ2v) is 8.27. The number of thiophene rings is 1. The number of aromatic nitrogens is 4. The molecule has 0 aliphatic carbocycles. The number of carbonyl (C=O) groups excluding carboxylic acids is 1. The molecule has 0 bridgehead atoms. The molecule has 0 N–H and O–H groups in total. The molecule has 1 aliphatic rings. The Balaban J connectivity index is 1.74. The van der Waals surface area contributed by atoms with Gasteiger partial charge in [0.05, 0.1) is 11.6 Å². The van der Waals surface area contributed by atoms with Crippen molar-refractivity contribution in [3.05, 3.63) is 39.3 Å². The zero-order chi connectivity index (χ0) is 19.4. The molecule has 1 aliphatic heterocycles. The van der Waals surface area contributed by atoms with Crippen LogP contribution in [-0.4, -0.2) is 43.1 Å². The number of fused-ring (bicyclic) bond motifs is 3. The van der Waals surface area contributed by atoms with E-state index in [0.29, 0.717) is 17.2 Å².